The molecule has 2 aromatic rings. The van der Waals surface area contributed by atoms with Crippen LogP contribution in [-0.2, 0) is 16.0 Å². The minimum absolute atomic E-state index is 0.0688. The highest BCUT2D eigenvalue weighted by Crippen LogP contribution is 2.11. The Morgan fingerprint density at radius 1 is 1.09 bits per heavy atom. The van der Waals surface area contributed by atoms with E-state index < -0.39 is 0 Å². The molecule has 1 amide bonds. The highest BCUT2D eigenvalue weighted by Gasteiger charge is 2.07. The number of nitrogens with one attached hydrogen (secondary N) is 1. The van der Waals surface area contributed by atoms with Crippen molar-refractivity contribution in [1.29, 1.82) is 0 Å². The zero-order chi connectivity index (χ0) is 15.8. The Labute approximate surface area is 129 Å². The van der Waals surface area contributed by atoms with E-state index in [0.29, 0.717) is 30.7 Å². The molecule has 0 aliphatic rings. The van der Waals surface area contributed by atoms with E-state index in [-0.39, 0.29) is 11.9 Å². The van der Waals surface area contributed by atoms with Crippen LogP contribution in [0.5, 0.6) is 0 Å². The normalized spacial score (nSPS) is 10.0. The van der Waals surface area contributed by atoms with E-state index >= 15 is 0 Å². The van der Waals surface area contributed by atoms with Crippen LogP contribution in [0.2, 0.25) is 0 Å². The molecule has 0 saturated heterocycles. The Balaban J connectivity index is 1.85. The Morgan fingerprint density at radius 3 is 2.41 bits per heavy atom. The van der Waals surface area contributed by atoms with Gasteiger partial charge in [0.1, 0.15) is 0 Å². The standard InChI is InChI=1S/C17H18N2O3/c1-2-22-17(21)14-4-6-15(7-5-14)19-16(20)8-3-13-9-11-18-12-10-13/h4-7,9-12H,2-3,8H2,1H3,(H,19,20). The van der Waals surface area contributed by atoms with Gasteiger partial charge in [-0.1, -0.05) is 0 Å². The van der Waals surface area contributed by atoms with Crippen molar-refractivity contribution in [3.05, 3.63) is 59.9 Å². The fourth-order valence-corrected chi connectivity index (χ4v) is 1.93. The van der Waals surface area contributed by atoms with Gasteiger partial charge in [-0.3, -0.25) is 9.78 Å². The molecular weight excluding hydrogens is 280 g/mol. The van der Waals surface area contributed by atoms with Crippen LogP contribution in [0, 0.1) is 0 Å². The van der Waals surface area contributed by atoms with Gasteiger partial charge >= 0.3 is 5.97 Å². The van der Waals surface area contributed by atoms with Crippen LogP contribution in [0.3, 0.4) is 0 Å². The Kier molecular flexibility index (Phi) is 5.65. The van der Waals surface area contributed by atoms with Crippen molar-refractivity contribution < 1.29 is 14.3 Å². The molecule has 0 aliphatic carbocycles. The van der Waals surface area contributed by atoms with Crippen molar-refractivity contribution >= 4 is 17.6 Å². The van der Waals surface area contributed by atoms with E-state index in [2.05, 4.69) is 10.3 Å². The summed E-state index contributed by atoms with van der Waals surface area (Å²) in [6.45, 7) is 2.10. The SMILES string of the molecule is CCOC(=O)c1ccc(NC(=O)CCc2ccncc2)cc1. The largest absolute Gasteiger partial charge is 0.462 e. The van der Waals surface area contributed by atoms with Gasteiger partial charge in [-0.2, -0.15) is 0 Å². The number of aromatic nitrogens is 1. The summed E-state index contributed by atoms with van der Waals surface area (Å²) in [5, 5.41) is 2.80. The van der Waals surface area contributed by atoms with Crippen molar-refractivity contribution in [2.24, 2.45) is 0 Å². The summed E-state index contributed by atoms with van der Waals surface area (Å²) in [7, 11) is 0. The van der Waals surface area contributed by atoms with Gasteiger partial charge in [0.25, 0.3) is 0 Å². The molecule has 1 N–H and O–H groups in total. The second kappa shape index (κ2) is 7.93. The molecule has 0 fully saturated rings. The zero-order valence-corrected chi connectivity index (χ0v) is 12.4. The summed E-state index contributed by atoms with van der Waals surface area (Å²) < 4.78 is 4.91. The lowest BCUT2D eigenvalue weighted by Gasteiger charge is -2.06. The lowest BCUT2D eigenvalue weighted by Crippen LogP contribution is -2.12. The Bertz CT molecular complexity index is 624. The molecule has 1 aromatic carbocycles. The van der Waals surface area contributed by atoms with Crippen LogP contribution in [0.25, 0.3) is 0 Å². The molecule has 5 nitrogen and oxygen atoms in total. The number of hydrogen-bond donors (Lipinski definition) is 1. The smallest absolute Gasteiger partial charge is 0.338 e. The maximum Gasteiger partial charge on any atom is 0.338 e. The summed E-state index contributed by atoms with van der Waals surface area (Å²) in [6.07, 6.45) is 4.47. The minimum atomic E-state index is -0.363. The number of pyridine rings is 1. The van der Waals surface area contributed by atoms with Gasteiger partial charge in [0.15, 0.2) is 0 Å². The van der Waals surface area contributed by atoms with E-state index in [1.807, 2.05) is 12.1 Å². The molecule has 0 saturated carbocycles. The lowest BCUT2D eigenvalue weighted by molar-refractivity contribution is -0.116. The van der Waals surface area contributed by atoms with Gasteiger partial charge < -0.3 is 10.1 Å². The molecule has 0 bridgehead atoms. The molecule has 114 valence electrons. The van der Waals surface area contributed by atoms with Crippen LogP contribution < -0.4 is 5.32 Å². The zero-order valence-electron chi connectivity index (χ0n) is 12.4. The van der Waals surface area contributed by atoms with E-state index in [0.717, 1.165) is 5.56 Å². The quantitative estimate of drug-likeness (QED) is 0.833. The van der Waals surface area contributed by atoms with Gasteiger partial charge in [0, 0.05) is 24.5 Å². The third-order valence-electron chi connectivity index (χ3n) is 3.07. The van der Waals surface area contributed by atoms with E-state index in [4.69, 9.17) is 4.74 Å². The summed E-state index contributed by atoms with van der Waals surface area (Å²) >= 11 is 0. The highest BCUT2D eigenvalue weighted by molar-refractivity contribution is 5.93. The van der Waals surface area contributed by atoms with Crippen molar-refractivity contribution in [2.45, 2.75) is 19.8 Å². The number of aryl methyl sites for hydroxylation is 1. The first-order valence-corrected chi connectivity index (χ1v) is 7.15. The number of carbonyl (C=O) groups is 2. The number of amides is 1. The van der Waals surface area contributed by atoms with E-state index in [1.54, 1.807) is 43.6 Å². The van der Waals surface area contributed by atoms with Crippen molar-refractivity contribution in [1.82, 2.24) is 4.98 Å². The third kappa shape index (κ3) is 4.70. The van der Waals surface area contributed by atoms with Gasteiger partial charge in [0.05, 0.1) is 12.2 Å². The topological polar surface area (TPSA) is 68.3 Å². The minimum Gasteiger partial charge on any atom is -0.462 e. The molecule has 1 heterocycles. The predicted molar refractivity (Wildman–Crippen MR) is 83.6 cm³/mol. The summed E-state index contributed by atoms with van der Waals surface area (Å²) in [5.74, 6) is -0.432. The number of carbonyl (C=O) groups excluding carboxylic acids is 2. The van der Waals surface area contributed by atoms with Crippen LogP contribution in [-0.4, -0.2) is 23.5 Å². The van der Waals surface area contributed by atoms with Crippen LogP contribution in [0.1, 0.15) is 29.3 Å². The van der Waals surface area contributed by atoms with Crippen LogP contribution in [0.4, 0.5) is 5.69 Å². The summed E-state index contributed by atoms with van der Waals surface area (Å²) in [5.41, 5.74) is 2.20. The predicted octanol–water partition coefficient (Wildman–Crippen LogP) is 2.83. The number of benzene rings is 1. The fraction of sp³-hybridized carbons (Fsp3) is 0.235. The molecule has 2 rings (SSSR count). The van der Waals surface area contributed by atoms with Crippen LogP contribution in [0.15, 0.2) is 48.8 Å². The molecule has 0 unspecified atom stereocenters. The summed E-state index contributed by atoms with van der Waals surface area (Å²) in [6, 6.07) is 10.4. The number of esters is 1. The Morgan fingerprint density at radius 2 is 1.77 bits per heavy atom. The van der Waals surface area contributed by atoms with Crippen molar-refractivity contribution in [3.63, 3.8) is 0 Å². The first-order chi connectivity index (χ1) is 10.7. The van der Waals surface area contributed by atoms with Gasteiger partial charge in [0.2, 0.25) is 5.91 Å². The number of rotatable bonds is 6. The molecule has 0 atom stereocenters. The van der Waals surface area contributed by atoms with Crippen molar-refractivity contribution in [2.75, 3.05) is 11.9 Å². The summed E-state index contributed by atoms with van der Waals surface area (Å²) in [4.78, 5) is 27.3. The third-order valence-corrected chi connectivity index (χ3v) is 3.07. The fourth-order valence-electron chi connectivity index (χ4n) is 1.93. The second-order valence-electron chi connectivity index (χ2n) is 4.70. The molecular formula is C17H18N2O3. The molecule has 1 aromatic heterocycles. The maximum atomic E-state index is 11.9. The van der Waals surface area contributed by atoms with Crippen LogP contribution >= 0.6 is 0 Å². The molecule has 0 aliphatic heterocycles. The number of ether oxygens (including phenoxy) is 1. The van der Waals surface area contributed by atoms with E-state index in [1.165, 1.54) is 0 Å². The molecule has 0 radical (unpaired) electrons. The highest BCUT2D eigenvalue weighted by atomic mass is 16.5. The maximum absolute atomic E-state index is 11.9. The number of hydrogen-bond acceptors (Lipinski definition) is 4. The second-order valence-corrected chi connectivity index (χ2v) is 4.70. The Hall–Kier alpha value is -2.69. The van der Waals surface area contributed by atoms with Gasteiger partial charge in [-0.05, 0) is 55.3 Å². The first kappa shape index (κ1) is 15.7. The number of anilines is 1. The molecule has 22 heavy (non-hydrogen) atoms. The number of nitrogens with zero attached hydrogens (tertiary/aromatic N) is 1. The molecule has 0 spiro atoms. The van der Waals surface area contributed by atoms with Gasteiger partial charge in [-0.25, -0.2) is 4.79 Å². The monoisotopic (exact) mass is 298 g/mol. The first-order valence-electron chi connectivity index (χ1n) is 7.15. The van der Waals surface area contributed by atoms with Crippen molar-refractivity contribution in [3.8, 4) is 0 Å². The average molecular weight is 298 g/mol. The van der Waals surface area contributed by atoms with Gasteiger partial charge in [-0.15, -0.1) is 0 Å². The van der Waals surface area contributed by atoms with E-state index in [9.17, 15) is 9.59 Å². The molecule has 5 heteroatoms. The lowest BCUT2D eigenvalue weighted by atomic mass is 10.1. The average Bonchev–Trinajstić information content (AvgIpc) is 2.55.